The van der Waals surface area contributed by atoms with Crippen LogP contribution in [0.1, 0.15) is 6.42 Å². The molecule has 0 aromatic heterocycles. The standard InChI is InChI=1S/C7H11NO3S/c1-2-3-4-12(11)5-6(8)7(9)10/h1,6H,3-5,8H2,(H,9,10)/t6-,12?/m0/s1. The first kappa shape index (κ1) is 11.1. The van der Waals surface area contributed by atoms with Crippen molar-refractivity contribution in [3.63, 3.8) is 0 Å². The molecule has 0 bridgehead atoms. The third-order valence-corrected chi connectivity index (χ3v) is 2.55. The van der Waals surface area contributed by atoms with E-state index in [1.165, 1.54) is 0 Å². The van der Waals surface area contributed by atoms with Crippen LogP contribution in [0.5, 0.6) is 0 Å². The van der Waals surface area contributed by atoms with Gasteiger partial charge in [-0.3, -0.25) is 9.00 Å². The fourth-order valence-electron chi connectivity index (χ4n) is 0.528. The summed E-state index contributed by atoms with van der Waals surface area (Å²) in [6, 6.07) is -1.05. The van der Waals surface area contributed by atoms with Crippen LogP contribution in [0.3, 0.4) is 0 Å². The molecule has 0 heterocycles. The molecule has 0 saturated carbocycles. The van der Waals surface area contributed by atoms with E-state index in [9.17, 15) is 9.00 Å². The van der Waals surface area contributed by atoms with Crippen molar-refractivity contribution in [1.82, 2.24) is 0 Å². The quantitative estimate of drug-likeness (QED) is 0.553. The highest BCUT2D eigenvalue weighted by Gasteiger charge is 2.14. The van der Waals surface area contributed by atoms with Crippen molar-refractivity contribution in [2.75, 3.05) is 11.5 Å². The second kappa shape index (κ2) is 5.75. The minimum atomic E-state index is -1.22. The summed E-state index contributed by atoms with van der Waals surface area (Å²) in [5.74, 6) is 1.47. The number of carboxylic acids is 1. The molecule has 0 saturated heterocycles. The van der Waals surface area contributed by atoms with Gasteiger partial charge in [0.15, 0.2) is 0 Å². The third-order valence-electron chi connectivity index (χ3n) is 1.16. The van der Waals surface area contributed by atoms with Crippen molar-refractivity contribution in [2.45, 2.75) is 12.5 Å². The summed E-state index contributed by atoms with van der Waals surface area (Å²) < 4.78 is 11.0. The van der Waals surface area contributed by atoms with E-state index in [1.807, 2.05) is 0 Å². The highest BCUT2D eigenvalue weighted by molar-refractivity contribution is 7.85. The normalized spacial score (nSPS) is 14.7. The number of aliphatic carboxylic acids is 1. The smallest absolute Gasteiger partial charge is 0.321 e. The van der Waals surface area contributed by atoms with Crippen molar-refractivity contribution < 1.29 is 14.1 Å². The minimum Gasteiger partial charge on any atom is -0.480 e. The first-order valence-electron chi connectivity index (χ1n) is 3.34. The fraction of sp³-hybridized carbons (Fsp3) is 0.571. The Kier molecular flexibility index (Phi) is 5.34. The number of hydrogen-bond donors (Lipinski definition) is 2. The van der Waals surface area contributed by atoms with Crippen molar-refractivity contribution in [1.29, 1.82) is 0 Å². The van der Waals surface area contributed by atoms with Crippen LogP contribution in [0.4, 0.5) is 0 Å². The average Bonchev–Trinajstić information content (AvgIpc) is 2.00. The second-order valence-corrected chi connectivity index (χ2v) is 3.83. The van der Waals surface area contributed by atoms with Gasteiger partial charge in [0.2, 0.25) is 0 Å². The van der Waals surface area contributed by atoms with Crippen LogP contribution in [-0.2, 0) is 15.6 Å². The summed E-state index contributed by atoms with van der Waals surface area (Å²) in [4.78, 5) is 10.2. The number of carboxylic acid groups (broad SMARTS) is 1. The lowest BCUT2D eigenvalue weighted by Crippen LogP contribution is -2.36. The van der Waals surface area contributed by atoms with Crippen LogP contribution in [0.25, 0.3) is 0 Å². The Hall–Kier alpha value is -0.860. The Balaban J connectivity index is 3.71. The van der Waals surface area contributed by atoms with E-state index in [0.717, 1.165) is 0 Å². The highest BCUT2D eigenvalue weighted by atomic mass is 32.2. The Bertz CT molecular complexity index is 221. The fourth-order valence-corrected chi connectivity index (χ4v) is 1.58. The zero-order chi connectivity index (χ0) is 9.56. The Morgan fingerprint density at radius 3 is 2.75 bits per heavy atom. The van der Waals surface area contributed by atoms with E-state index in [0.29, 0.717) is 12.2 Å². The van der Waals surface area contributed by atoms with E-state index in [1.54, 1.807) is 0 Å². The molecule has 0 aromatic rings. The molecule has 2 atom stereocenters. The maximum absolute atomic E-state index is 11.0. The molecule has 0 fully saturated rings. The van der Waals surface area contributed by atoms with Crippen LogP contribution < -0.4 is 5.73 Å². The van der Waals surface area contributed by atoms with Crippen LogP contribution in [0.2, 0.25) is 0 Å². The molecular weight excluding hydrogens is 178 g/mol. The lowest BCUT2D eigenvalue weighted by molar-refractivity contribution is -0.137. The monoisotopic (exact) mass is 189 g/mol. The summed E-state index contributed by atoms with van der Waals surface area (Å²) >= 11 is 0. The first-order valence-corrected chi connectivity index (χ1v) is 4.83. The van der Waals surface area contributed by atoms with Gasteiger partial charge in [-0.2, -0.15) is 0 Å². The molecular formula is C7H11NO3S. The van der Waals surface area contributed by atoms with Gasteiger partial charge in [0.25, 0.3) is 0 Å². The molecule has 0 aliphatic carbocycles. The second-order valence-electron chi connectivity index (χ2n) is 2.21. The Morgan fingerprint density at radius 2 is 2.33 bits per heavy atom. The van der Waals surface area contributed by atoms with E-state index in [4.69, 9.17) is 17.3 Å². The number of rotatable bonds is 5. The predicted molar refractivity (Wildman–Crippen MR) is 46.9 cm³/mol. The number of carbonyl (C=O) groups is 1. The van der Waals surface area contributed by atoms with Gasteiger partial charge < -0.3 is 10.8 Å². The summed E-state index contributed by atoms with van der Waals surface area (Å²) in [7, 11) is -1.22. The molecule has 0 amide bonds. The number of hydrogen-bond acceptors (Lipinski definition) is 3. The molecule has 3 N–H and O–H groups in total. The van der Waals surface area contributed by atoms with Crippen LogP contribution in [0.15, 0.2) is 0 Å². The van der Waals surface area contributed by atoms with Crippen molar-refractivity contribution >= 4 is 16.8 Å². The van der Waals surface area contributed by atoms with Gasteiger partial charge in [-0.1, -0.05) is 0 Å². The molecule has 5 heteroatoms. The third kappa shape index (κ3) is 4.88. The van der Waals surface area contributed by atoms with Crippen LogP contribution >= 0.6 is 0 Å². The molecule has 4 nitrogen and oxygen atoms in total. The van der Waals surface area contributed by atoms with Gasteiger partial charge >= 0.3 is 5.97 Å². The molecule has 0 spiro atoms. The van der Waals surface area contributed by atoms with Gasteiger partial charge in [0.05, 0.1) is 0 Å². The van der Waals surface area contributed by atoms with Crippen molar-refractivity contribution in [3.05, 3.63) is 0 Å². The maximum atomic E-state index is 11.0. The van der Waals surface area contributed by atoms with Gasteiger partial charge in [0, 0.05) is 28.7 Å². The molecule has 68 valence electrons. The maximum Gasteiger partial charge on any atom is 0.321 e. The predicted octanol–water partition coefficient (Wildman–Crippen LogP) is -0.830. The van der Waals surface area contributed by atoms with Crippen LogP contribution in [-0.4, -0.2) is 32.8 Å². The van der Waals surface area contributed by atoms with E-state index in [-0.39, 0.29) is 5.75 Å². The van der Waals surface area contributed by atoms with E-state index in [2.05, 4.69) is 5.92 Å². The first-order chi connectivity index (χ1) is 5.57. The number of terminal acetylenes is 1. The summed E-state index contributed by atoms with van der Waals surface area (Å²) in [5.41, 5.74) is 5.14. The van der Waals surface area contributed by atoms with Crippen molar-refractivity contribution in [2.24, 2.45) is 5.73 Å². The highest BCUT2D eigenvalue weighted by Crippen LogP contribution is 1.90. The molecule has 12 heavy (non-hydrogen) atoms. The van der Waals surface area contributed by atoms with E-state index < -0.39 is 22.8 Å². The summed E-state index contributed by atoms with van der Waals surface area (Å²) in [5, 5.41) is 8.36. The lowest BCUT2D eigenvalue weighted by Gasteiger charge is -2.04. The van der Waals surface area contributed by atoms with Crippen molar-refractivity contribution in [3.8, 4) is 12.3 Å². The lowest BCUT2D eigenvalue weighted by atomic mass is 10.4. The zero-order valence-corrected chi connectivity index (χ0v) is 7.34. The van der Waals surface area contributed by atoms with Gasteiger partial charge in [0.1, 0.15) is 6.04 Å². The largest absolute Gasteiger partial charge is 0.480 e. The molecule has 0 rings (SSSR count). The van der Waals surface area contributed by atoms with Crippen LogP contribution in [0, 0.1) is 12.3 Å². The van der Waals surface area contributed by atoms with Gasteiger partial charge in [-0.05, 0) is 0 Å². The van der Waals surface area contributed by atoms with Gasteiger partial charge in [-0.25, -0.2) is 0 Å². The van der Waals surface area contributed by atoms with E-state index >= 15 is 0 Å². The minimum absolute atomic E-state index is 0.0307. The van der Waals surface area contributed by atoms with Gasteiger partial charge in [-0.15, -0.1) is 12.3 Å². The topological polar surface area (TPSA) is 80.4 Å². The zero-order valence-electron chi connectivity index (χ0n) is 6.53. The Labute approximate surface area is 73.6 Å². The Morgan fingerprint density at radius 1 is 1.75 bits per heavy atom. The molecule has 0 aliphatic heterocycles. The molecule has 0 aliphatic rings. The number of nitrogens with two attached hydrogens (primary N) is 1. The molecule has 0 aromatic carbocycles. The summed E-state index contributed by atoms with van der Waals surface area (Å²) in [6.07, 6.45) is 5.32. The average molecular weight is 189 g/mol. The molecule has 0 radical (unpaired) electrons. The summed E-state index contributed by atoms with van der Waals surface area (Å²) in [6.45, 7) is 0. The SMILES string of the molecule is C#CCCS(=O)C[C@H](N)C(=O)O. The molecule has 1 unspecified atom stereocenters.